The van der Waals surface area contributed by atoms with Crippen molar-refractivity contribution in [3.8, 4) is 5.75 Å². The van der Waals surface area contributed by atoms with Gasteiger partial charge >= 0.3 is 5.97 Å². The van der Waals surface area contributed by atoms with Crippen LogP contribution in [0.15, 0.2) is 48.5 Å². The Labute approximate surface area is 168 Å². The van der Waals surface area contributed by atoms with E-state index in [1.54, 1.807) is 19.1 Å². The summed E-state index contributed by atoms with van der Waals surface area (Å²) in [5.74, 6) is -0.230. The number of para-hydroxylation sites is 1. The van der Waals surface area contributed by atoms with Crippen LogP contribution in [0.2, 0.25) is 5.02 Å². The number of halogens is 1. The number of ether oxygens (including phenoxy) is 2. The van der Waals surface area contributed by atoms with Gasteiger partial charge in [0, 0.05) is 16.3 Å². The first-order chi connectivity index (χ1) is 13.0. The number of fused-ring (bicyclic) bond motifs is 4. The van der Waals surface area contributed by atoms with Gasteiger partial charge in [-0.1, -0.05) is 35.9 Å². The maximum Gasteiger partial charge on any atom is 0.317 e. The van der Waals surface area contributed by atoms with Crippen LogP contribution in [0.4, 0.5) is 5.69 Å². The van der Waals surface area contributed by atoms with Crippen molar-refractivity contribution in [2.75, 3.05) is 11.5 Å². The molecule has 0 unspecified atom stereocenters. The molecular weight excluding hydrogens is 384 g/mol. The average molecular weight is 403 g/mol. The summed E-state index contributed by atoms with van der Waals surface area (Å²) >= 11 is 11.8. The molecule has 2 aromatic rings. The van der Waals surface area contributed by atoms with Crippen molar-refractivity contribution in [2.45, 2.75) is 25.6 Å². The molecule has 2 aliphatic rings. The summed E-state index contributed by atoms with van der Waals surface area (Å²) in [5, 5.41) is 4.37. The molecule has 1 saturated heterocycles. The summed E-state index contributed by atoms with van der Waals surface area (Å²) in [5.41, 5.74) is 0.578. The Bertz CT molecular complexity index is 922. The average Bonchev–Trinajstić information content (AvgIpc) is 2.61. The van der Waals surface area contributed by atoms with Crippen LogP contribution in [0.3, 0.4) is 0 Å². The molecule has 0 aromatic heterocycles. The standard InChI is InChI=1S/C20H19ClN2O3S/c1-3-25-18(24)16-17-14-9-4-5-10-15(14)26-20(16,2)23(19(27)22-17)13-8-6-7-12(21)11-13/h4-11,16-17H,3H2,1-2H3,(H,22,27)/t16-,17+,20+/m0/s1. The van der Waals surface area contributed by atoms with E-state index >= 15 is 0 Å². The fraction of sp³-hybridized carbons (Fsp3) is 0.300. The third kappa shape index (κ3) is 2.84. The topological polar surface area (TPSA) is 50.8 Å². The first-order valence-corrected chi connectivity index (χ1v) is 9.55. The Kier molecular flexibility index (Phi) is 4.48. The lowest BCUT2D eigenvalue weighted by Gasteiger charge is -2.55. The maximum absolute atomic E-state index is 12.9. The molecule has 2 aliphatic heterocycles. The van der Waals surface area contributed by atoms with E-state index in [-0.39, 0.29) is 12.0 Å². The van der Waals surface area contributed by atoms with Gasteiger partial charge in [-0.25, -0.2) is 0 Å². The number of thiocarbonyl (C=S) groups is 1. The van der Waals surface area contributed by atoms with Crippen LogP contribution in [0.1, 0.15) is 25.5 Å². The molecule has 2 bridgehead atoms. The highest BCUT2D eigenvalue weighted by molar-refractivity contribution is 7.80. The Hall–Kier alpha value is -2.31. The van der Waals surface area contributed by atoms with Crippen molar-refractivity contribution in [3.63, 3.8) is 0 Å². The highest BCUT2D eigenvalue weighted by Gasteiger charge is 2.59. The number of carbonyl (C=O) groups is 1. The number of nitrogens with zero attached hydrogens (tertiary/aromatic N) is 1. The molecule has 3 atom stereocenters. The number of esters is 1. The molecule has 4 rings (SSSR count). The number of nitrogens with one attached hydrogen (secondary N) is 1. The second-order valence-corrected chi connectivity index (χ2v) is 7.49. The number of benzene rings is 2. The number of carbonyl (C=O) groups excluding carboxylic acids is 1. The molecule has 0 aliphatic carbocycles. The molecule has 1 N–H and O–H groups in total. The first kappa shape index (κ1) is 18.1. The van der Waals surface area contributed by atoms with Crippen LogP contribution < -0.4 is 15.0 Å². The molecule has 140 valence electrons. The third-order valence-electron chi connectivity index (χ3n) is 5.01. The van der Waals surface area contributed by atoms with Crippen LogP contribution in [-0.2, 0) is 9.53 Å². The predicted octanol–water partition coefficient (Wildman–Crippen LogP) is 4.06. The molecule has 0 amide bonds. The van der Waals surface area contributed by atoms with E-state index < -0.39 is 11.6 Å². The highest BCUT2D eigenvalue weighted by atomic mass is 35.5. The van der Waals surface area contributed by atoms with Gasteiger partial charge in [0.2, 0.25) is 5.72 Å². The predicted molar refractivity (Wildman–Crippen MR) is 108 cm³/mol. The minimum atomic E-state index is -1.06. The lowest BCUT2D eigenvalue weighted by Crippen LogP contribution is -2.71. The van der Waals surface area contributed by atoms with Crippen LogP contribution in [0.5, 0.6) is 5.75 Å². The van der Waals surface area contributed by atoms with Crippen molar-refractivity contribution in [3.05, 3.63) is 59.1 Å². The normalized spacial score (nSPS) is 25.9. The SMILES string of the molecule is CCOC(=O)[C@@H]1[C@@H]2NC(=S)N(c3cccc(Cl)c3)[C@]1(C)Oc1ccccc12. The monoisotopic (exact) mass is 402 g/mol. The molecule has 5 nitrogen and oxygen atoms in total. The Morgan fingerprint density at radius 3 is 2.85 bits per heavy atom. The number of rotatable bonds is 3. The van der Waals surface area contributed by atoms with Gasteiger partial charge in [-0.15, -0.1) is 0 Å². The number of hydrogen-bond donors (Lipinski definition) is 1. The smallest absolute Gasteiger partial charge is 0.317 e. The summed E-state index contributed by atoms with van der Waals surface area (Å²) in [4.78, 5) is 14.7. The van der Waals surface area contributed by atoms with Crippen molar-refractivity contribution in [1.29, 1.82) is 0 Å². The first-order valence-electron chi connectivity index (χ1n) is 8.76. The zero-order valence-corrected chi connectivity index (χ0v) is 16.5. The van der Waals surface area contributed by atoms with Gasteiger partial charge < -0.3 is 14.8 Å². The van der Waals surface area contributed by atoms with Gasteiger partial charge in [-0.2, -0.15) is 0 Å². The summed E-state index contributed by atoms with van der Waals surface area (Å²) in [6.45, 7) is 3.95. The molecule has 0 spiro atoms. The van der Waals surface area contributed by atoms with Gasteiger partial charge in [-0.3, -0.25) is 9.69 Å². The summed E-state index contributed by atoms with van der Waals surface area (Å²) < 4.78 is 11.8. The van der Waals surface area contributed by atoms with Crippen molar-refractivity contribution in [1.82, 2.24) is 5.32 Å². The van der Waals surface area contributed by atoms with Crippen molar-refractivity contribution >= 4 is 40.6 Å². The quantitative estimate of drug-likeness (QED) is 0.617. The van der Waals surface area contributed by atoms with Gasteiger partial charge in [0.1, 0.15) is 11.7 Å². The second-order valence-electron chi connectivity index (χ2n) is 6.67. The van der Waals surface area contributed by atoms with Crippen LogP contribution in [0.25, 0.3) is 0 Å². The molecule has 27 heavy (non-hydrogen) atoms. The summed E-state index contributed by atoms with van der Waals surface area (Å²) in [7, 11) is 0. The van der Waals surface area contributed by atoms with E-state index in [1.807, 2.05) is 48.2 Å². The van der Waals surface area contributed by atoms with Gasteiger partial charge in [0.05, 0.1) is 12.6 Å². The van der Waals surface area contributed by atoms with E-state index in [4.69, 9.17) is 33.3 Å². The van der Waals surface area contributed by atoms with E-state index in [9.17, 15) is 4.79 Å². The Balaban J connectivity index is 1.89. The fourth-order valence-corrected chi connectivity index (χ4v) is 4.52. The maximum atomic E-state index is 12.9. The van der Waals surface area contributed by atoms with Crippen LogP contribution >= 0.6 is 23.8 Å². The molecule has 2 heterocycles. The van der Waals surface area contributed by atoms with Crippen LogP contribution in [-0.4, -0.2) is 23.4 Å². The van der Waals surface area contributed by atoms with Gasteiger partial charge in [0.25, 0.3) is 0 Å². The van der Waals surface area contributed by atoms with Gasteiger partial charge in [0.15, 0.2) is 5.11 Å². The van der Waals surface area contributed by atoms with E-state index in [0.29, 0.717) is 22.5 Å². The van der Waals surface area contributed by atoms with Gasteiger partial charge in [-0.05, 0) is 50.3 Å². The molecular formula is C20H19ClN2O3S. The molecule has 7 heteroatoms. The Morgan fingerprint density at radius 2 is 2.11 bits per heavy atom. The Morgan fingerprint density at radius 1 is 1.33 bits per heavy atom. The van der Waals surface area contributed by atoms with E-state index in [0.717, 1.165) is 11.3 Å². The van der Waals surface area contributed by atoms with Crippen LogP contribution in [0, 0.1) is 5.92 Å². The zero-order valence-electron chi connectivity index (χ0n) is 14.9. The minimum absolute atomic E-state index is 0.293. The molecule has 0 radical (unpaired) electrons. The third-order valence-corrected chi connectivity index (χ3v) is 5.55. The number of hydrogen-bond acceptors (Lipinski definition) is 4. The zero-order chi connectivity index (χ0) is 19.2. The minimum Gasteiger partial charge on any atom is -0.466 e. The van der Waals surface area contributed by atoms with Crippen molar-refractivity contribution in [2.24, 2.45) is 5.92 Å². The lowest BCUT2D eigenvalue weighted by molar-refractivity contribution is -0.159. The summed E-state index contributed by atoms with van der Waals surface area (Å²) in [6, 6.07) is 14.6. The molecule has 0 saturated carbocycles. The fourth-order valence-electron chi connectivity index (χ4n) is 3.93. The van der Waals surface area contributed by atoms with Crippen molar-refractivity contribution < 1.29 is 14.3 Å². The summed E-state index contributed by atoms with van der Waals surface area (Å²) in [6.07, 6.45) is 0. The highest BCUT2D eigenvalue weighted by Crippen LogP contribution is 2.49. The largest absolute Gasteiger partial charge is 0.466 e. The lowest BCUT2D eigenvalue weighted by atomic mass is 9.79. The molecule has 1 fully saturated rings. The molecule has 2 aromatic carbocycles. The van der Waals surface area contributed by atoms with E-state index in [1.165, 1.54) is 0 Å². The van der Waals surface area contributed by atoms with E-state index in [2.05, 4.69) is 5.32 Å². The second kappa shape index (κ2) is 6.69. The number of anilines is 1.